The molecule has 19 heavy (non-hydrogen) atoms. The molecular formula is C14H15ClN2O2. The third-order valence-electron chi connectivity index (χ3n) is 2.69. The number of para-hydroxylation sites is 1. The van der Waals surface area contributed by atoms with Gasteiger partial charge in [-0.1, -0.05) is 23.7 Å². The van der Waals surface area contributed by atoms with Crippen molar-refractivity contribution >= 4 is 17.3 Å². The summed E-state index contributed by atoms with van der Waals surface area (Å²) in [4.78, 5) is 3.94. The molecule has 1 heterocycles. The average Bonchev–Trinajstić information content (AvgIpc) is 2.44. The van der Waals surface area contributed by atoms with Gasteiger partial charge in [-0.3, -0.25) is 0 Å². The lowest BCUT2D eigenvalue weighted by atomic mass is 10.2. The summed E-state index contributed by atoms with van der Waals surface area (Å²) in [6.45, 7) is 0.612. The van der Waals surface area contributed by atoms with Gasteiger partial charge in [0, 0.05) is 24.0 Å². The lowest BCUT2D eigenvalue weighted by Gasteiger charge is -2.13. The molecule has 0 spiro atoms. The van der Waals surface area contributed by atoms with Crippen LogP contribution in [0.15, 0.2) is 36.5 Å². The van der Waals surface area contributed by atoms with E-state index in [1.807, 2.05) is 24.3 Å². The first-order valence-electron chi connectivity index (χ1n) is 5.80. The molecule has 0 aliphatic rings. The van der Waals surface area contributed by atoms with Crippen LogP contribution in [0, 0.1) is 0 Å². The largest absolute Gasteiger partial charge is 0.493 e. The van der Waals surface area contributed by atoms with E-state index >= 15 is 0 Å². The first-order valence-corrected chi connectivity index (χ1v) is 6.17. The Kier molecular flexibility index (Phi) is 4.47. The van der Waals surface area contributed by atoms with E-state index < -0.39 is 0 Å². The highest BCUT2D eigenvalue weighted by molar-refractivity contribution is 6.29. The summed E-state index contributed by atoms with van der Waals surface area (Å²) in [7, 11) is 3.25. The molecule has 1 N–H and O–H groups in total. The molecule has 5 heteroatoms. The number of rotatable bonds is 5. The van der Waals surface area contributed by atoms with E-state index in [-0.39, 0.29) is 0 Å². The van der Waals surface area contributed by atoms with Crippen LogP contribution in [0.5, 0.6) is 11.5 Å². The number of pyridine rings is 1. The highest BCUT2D eigenvalue weighted by Crippen LogP contribution is 2.31. The maximum Gasteiger partial charge on any atom is 0.165 e. The van der Waals surface area contributed by atoms with Crippen LogP contribution in [0.4, 0.5) is 5.69 Å². The van der Waals surface area contributed by atoms with Crippen LogP contribution < -0.4 is 14.8 Å². The fraction of sp³-hybridized carbons (Fsp3) is 0.214. The molecule has 0 unspecified atom stereocenters. The summed E-state index contributed by atoms with van der Waals surface area (Å²) >= 11 is 5.84. The second kappa shape index (κ2) is 6.29. The zero-order valence-electron chi connectivity index (χ0n) is 10.8. The van der Waals surface area contributed by atoms with Crippen molar-refractivity contribution in [2.45, 2.75) is 6.54 Å². The Morgan fingerprint density at radius 3 is 2.74 bits per heavy atom. The topological polar surface area (TPSA) is 43.4 Å². The van der Waals surface area contributed by atoms with Crippen LogP contribution in [0.1, 0.15) is 5.56 Å². The zero-order valence-corrected chi connectivity index (χ0v) is 11.6. The standard InChI is InChI=1S/C14H15ClN2O2/c1-18-12-5-3-4-10(14(12)19-2)9-17-11-6-7-16-13(15)8-11/h3-8H,9H2,1-2H3,(H,16,17). The Balaban J connectivity index is 2.15. The summed E-state index contributed by atoms with van der Waals surface area (Å²) in [5.74, 6) is 1.45. The Hall–Kier alpha value is -1.94. The second-order valence-corrected chi connectivity index (χ2v) is 4.26. The molecule has 2 rings (SSSR count). The number of hydrogen-bond donors (Lipinski definition) is 1. The van der Waals surface area contributed by atoms with E-state index in [2.05, 4.69) is 10.3 Å². The molecule has 0 bridgehead atoms. The Morgan fingerprint density at radius 2 is 2.05 bits per heavy atom. The van der Waals surface area contributed by atoms with E-state index in [1.165, 1.54) is 0 Å². The van der Waals surface area contributed by atoms with Crippen LogP contribution in [0.25, 0.3) is 0 Å². The van der Waals surface area contributed by atoms with Crippen LogP contribution in [0.3, 0.4) is 0 Å². The number of nitrogens with one attached hydrogen (secondary N) is 1. The SMILES string of the molecule is COc1cccc(CNc2ccnc(Cl)c2)c1OC. The van der Waals surface area contributed by atoms with Crippen molar-refractivity contribution in [3.05, 3.63) is 47.2 Å². The van der Waals surface area contributed by atoms with Crippen molar-refractivity contribution in [3.63, 3.8) is 0 Å². The zero-order chi connectivity index (χ0) is 13.7. The summed E-state index contributed by atoms with van der Waals surface area (Å²) < 4.78 is 10.6. The molecule has 0 aliphatic heterocycles. The van der Waals surface area contributed by atoms with Gasteiger partial charge in [0.2, 0.25) is 0 Å². The minimum Gasteiger partial charge on any atom is -0.493 e. The number of ether oxygens (including phenoxy) is 2. The minimum absolute atomic E-state index is 0.461. The van der Waals surface area contributed by atoms with E-state index in [0.29, 0.717) is 11.7 Å². The van der Waals surface area contributed by atoms with E-state index in [0.717, 1.165) is 22.7 Å². The molecule has 0 atom stereocenters. The number of aromatic nitrogens is 1. The number of benzene rings is 1. The Labute approximate surface area is 117 Å². The first kappa shape index (κ1) is 13.5. The second-order valence-electron chi connectivity index (χ2n) is 3.87. The van der Waals surface area contributed by atoms with Gasteiger partial charge in [0.25, 0.3) is 0 Å². The number of halogens is 1. The molecule has 0 saturated heterocycles. The van der Waals surface area contributed by atoms with Gasteiger partial charge < -0.3 is 14.8 Å². The maximum atomic E-state index is 5.84. The monoisotopic (exact) mass is 278 g/mol. The van der Waals surface area contributed by atoms with Crippen molar-refractivity contribution < 1.29 is 9.47 Å². The fourth-order valence-electron chi connectivity index (χ4n) is 1.80. The molecule has 1 aromatic carbocycles. The summed E-state index contributed by atoms with van der Waals surface area (Å²) in [6.07, 6.45) is 1.66. The van der Waals surface area contributed by atoms with Crippen LogP contribution in [-0.4, -0.2) is 19.2 Å². The van der Waals surface area contributed by atoms with Crippen LogP contribution >= 0.6 is 11.6 Å². The van der Waals surface area contributed by atoms with Crippen molar-refractivity contribution in [2.24, 2.45) is 0 Å². The molecule has 0 amide bonds. The average molecular weight is 279 g/mol. The fourth-order valence-corrected chi connectivity index (χ4v) is 1.98. The first-order chi connectivity index (χ1) is 9.24. The molecule has 4 nitrogen and oxygen atoms in total. The highest BCUT2D eigenvalue weighted by Gasteiger charge is 2.08. The Bertz CT molecular complexity index is 561. The lowest BCUT2D eigenvalue weighted by molar-refractivity contribution is 0.352. The van der Waals surface area contributed by atoms with Gasteiger partial charge in [-0.15, -0.1) is 0 Å². The predicted molar refractivity (Wildman–Crippen MR) is 76.1 cm³/mol. The number of methoxy groups -OCH3 is 2. The van der Waals surface area contributed by atoms with E-state index in [1.54, 1.807) is 26.5 Å². The van der Waals surface area contributed by atoms with Crippen molar-refractivity contribution in [1.82, 2.24) is 4.98 Å². The number of anilines is 1. The van der Waals surface area contributed by atoms with Gasteiger partial charge in [0.1, 0.15) is 5.15 Å². The van der Waals surface area contributed by atoms with E-state index in [4.69, 9.17) is 21.1 Å². The van der Waals surface area contributed by atoms with Gasteiger partial charge in [-0.05, 0) is 18.2 Å². The molecular weight excluding hydrogens is 264 g/mol. The molecule has 2 aromatic rings. The van der Waals surface area contributed by atoms with Crippen molar-refractivity contribution in [2.75, 3.05) is 19.5 Å². The molecule has 0 fully saturated rings. The molecule has 0 radical (unpaired) electrons. The predicted octanol–water partition coefficient (Wildman–Crippen LogP) is 3.36. The van der Waals surface area contributed by atoms with Gasteiger partial charge in [-0.2, -0.15) is 0 Å². The van der Waals surface area contributed by atoms with Crippen molar-refractivity contribution in [3.8, 4) is 11.5 Å². The molecule has 1 aromatic heterocycles. The highest BCUT2D eigenvalue weighted by atomic mass is 35.5. The summed E-state index contributed by atoms with van der Waals surface area (Å²) in [5, 5.41) is 3.73. The third-order valence-corrected chi connectivity index (χ3v) is 2.90. The number of hydrogen-bond acceptors (Lipinski definition) is 4. The lowest BCUT2D eigenvalue weighted by Crippen LogP contribution is -2.03. The summed E-state index contributed by atoms with van der Waals surface area (Å²) in [5.41, 5.74) is 1.92. The summed E-state index contributed by atoms with van der Waals surface area (Å²) in [6, 6.07) is 9.41. The van der Waals surface area contributed by atoms with Gasteiger partial charge >= 0.3 is 0 Å². The Morgan fingerprint density at radius 1 is 1.21 bits per heavy atom. The quantitative estimate of drug-likeness (QED) is 0.852. The van der Waals surface area contributed by atoms with Gasteiger partial charge in [-0.25, -0.2) is 4.98 Å². The van der Waals surface area contributed by atoms with E-state index in [9.17, 15) is 0 Å². The van der Waals surface area contributed by atoms with Gasteiger partial charge in [0.15, 0.2) is 11.5 Å². The van der Waals surface area contributed by atoms with Crippen LogP contribution in [-0.2, 0) is 6.54 Å². The number of nitrogens with zero attached hydrogens (tertiary/aromatic N) is 1. The molecule has 100 valence electrons. The normalized spacial score (nSPS) is 10.1. The maximum absolute atomic E-state index is 5.84. The smallest absolute Gasteiger partial charge is 0.165 e. The third kappa shape index (κ3) is 3.29. The van der Waals surface area contributed by atoms with Gasteiger partial charge in [0.05, 0.1) is 14.2 Å². The molecule has 0 aliphatic carbocycles. The molecule has 0 saturated carbocycles. The van der Waals surface area contributed by atoms with Crippen molar-refractivity contribution in [1.29, 1.82) is 0 Å². The van der Waals surface area contributed by atoms with Crippen LogP contribution in [0.2, 0.25) is 5.15 Å². The minimum atomic E-state index is 0.461.